The standard InChI is InChI=1S/C32H29NO4.C18H19NO3.C17H14N2O.C14H11ClO.C4H12N2.C4H5N.C2H6O.Na/c1-22-17-18-26-20-33(31(34)29(24-13-7-3-8-14-24)25-15-9-4-10-16-25)28(32(35)36)19-27(26)30(22)37-21-23-11-5-2-6-12-23;1-12-7-8-14-10-19-16(18(20)21)9-15(14)17(12)22-11-13-5-3-2-4-6-13;20-17(19-13-7-12-18-19)16(14-8-3-1-4-9-14)15-10-5-2-6-11-15;15-14(16)13(11-7-3-1-4-8-11)12-9-5-2-6-10-12;1-6(2)4-3-5;1-2-4-5-3-1;1-2-3;/h2-18,28-29H,19-21H2,1H3,(H,35,36);2-8,16,19H,9-11H2,1H3,(H,20,21);1-13,16H;1-10,13H;3-5H2,1-2H3;1-3H,4H2;3H,2H2,1H3;/q;;;;;;;+1/p-1/t28-;16-;;;;;;/m00....../s1. The number of halogens is 1. The number of ether oxygens (including phenoxy) is 2. The van der Waals surface area contributed by atoms with Gasteiger partial charge in [-0.2, -0.15) is 5.10 Å². The SMILES string of the molecule is C1=CCN=C1.CCO.CN(C)CCN.Cc1ccc2c(c1OCc1ccccc1)C[C@@H](C(=O)O)NC2.Cc1ccc2c(c1OCc1ccccc1)C[C@@H](C(=O)[O-])N(C(=O)C(c1ccccc1)c1ccccc1)C2.O=C(C(c1ccccc1)c1ccccc1)n1cccn1.O=C(Cl)C(c1ccccc1)c1ccccc1.[Na+]. The summed E-state index contributed by atoms with van der Waals surface area (Å²) in [6.45, 7) is 10.1. The van der Waals surface area contributed by atoms with Gasteiger partial charge in [0.1, 0.15) is 30.8 Å². The van der Waals surface area contributed by atoms with Gasteiger partial charge in [0, 0.05) is 75.4 Å². The third-order valence-corrected chi connectivity index (χ3v) is 18.1. The van der Waals surface area contributed by atoms with Crippen LogP contribution in [0.4, 0.5) is 0 Å². The van der Waals surface area contributed by atoms with Crippen molar-refractivity contribution in [1.82, 2.24) is 24.9 Å². The molecule has 14 rings (SSSR count). The number of aliphatic imine (C=N–C) groups is 1. The molecule has 1 aromatic heterocycles. The molecule has 3 aliphatic rings. The van der Waals surface area contributed by atoms with Gasteiger partial charge in [-0.25, -0.2) is 4.68 Å². The number of aliphatic hydroxyl groups is 1. The maximum atomic E-state index is 14.1. The zero-order chi connectivity index (χ0) is 77.7. The fourth-order valence-corrected chi connectivity index (χ4v) is 12.7. The van der Waals surface area contributed by atoms with Gasteiger partial charge in [-0.3, -0.25) is 24.2 Å². The first-order valence-corrected chi connectivity index (χ1v) is 36.6. The average Bonchev–Trinajstić information content (AvgIpc) is 1.20. The van der Waals surface area contributed by atoms with E-state index >= 15 is 0 Å². The van der Waals surface area contributed by atoms with Crippen molar-refractivity contribution < 1.29 is 78.3 Å². The summed E-state index contributed by atoms with van der Waals surface area (Å²) in [5.41, 5.74) is 18.6. The number of rotatable bonds is 19. The molecule has 3 aliphatic heterocycles. The van der Waals surface area contributed by atoms with Crippen LogP contribution < -0.4 is 55.2 Å². The number of carbonyl (C=O) groups excluding carboxylic acids is 4. The molecule has 2 atom stereocenters. The van der Waals surface area contributed by atoms with Gasteiger partial charge in [-0.1, -0.05) is 273 Å². The number of aryl methyl sites for hydroxylation is 2. The molecule has 0 aliphatic carbocycles. The number of nitrogens with one attached hydrogen (secondary N) is 1. The molecule has 10 aromatic carbocycles. The molecule has 0 unspecified atom stereocenters. The van der Waals surface area contributed by atoms with E-state index in [2.05, 4.69) is 20.3 Å². The van der Waals surface area contributed by atoms with E-state index in [1.54, 1.807) is 31.6 Å². The largest absolute Gasteiger partial charge is 1.00 e. The third-order valence-electron chi connectivity index (χ3n) is 17.8. The zero-order valence-corrected chi connectivity index (χ0v) is 65.9. The van der Waals surface area contributed by atoms with Gasteiger partial charge < -0.3 is 50.4 Å². The fourth-order valence-electron chi connectivity index (χ4n) is 12.5. The van der Waals surface area contributed by atoms with Crippen LogP contribution in [0.2, 0.25) is 0 Å². The van der Waals surface area contributed by atoms with Crippen LogP contribution >= 0.6 is 11.6 Å². The Hall–Kier alpha value is -10.7. The van der Waals surface area contributed by atoms with Gasteiger partial charge in [0.25, 0.3) is 5.91 Å². The third kappa shape index (κ3) is 26.3. The van der Waals surface area contributed by atoms with E-state index in [4.69, 9.17) is 31.9 Å². The van der Waals surface area contributed by atoms with E-state index in [1.165, 1.54) is 9.58 Å². The van der Waals surface area contributed by atoms with Crippen molar-refractivity contribution in [2.45, 2.75) is 89.8 Å². The van der Waals surface area contributed by atoms with Crippen molar-refractivity contribution in [2.24, 2.45) is 10.7 Å². The molecule has 1 amide bonds. The van der Waals surface area contributed by atoms with Gasteiger partial charge >= 0.3 is 35.5 Å². The molecule has 0 fully saturated rings. The molecule has 0 bridgehead atoms. The normalized spacial score (nSPS) is 13.3. The molecule has 562 valence electrons. The van der Waals surface area contributed by atoms with Gasteiger partial charge in [0.05, 0.1) is 36.3 Å². The summed E-state index contributed by atoms with van der Waals surface area (Å²) >= 11 is 5.67. The summed E-state index contributed by atoms with van der Waals surface area (Å²) in [6, 6.07) is 85.6. The Labute approximate surface area is 673 Å². The molecule has 110 heavy (non-hydrogen) atoms. The smallest absolute Gasteiger partial charge is 0.548 e. The minimum Gasteiger partial charge on any atom is -0.548 e. The number of nitrogens with zero attached hydrogens (tertiary/aromatic N) is 5. The maximum absolute atomic E-state index is 14.1. The molecule has 0 spiro atoms. The Balaban J connectivity index is 0.000000199. The van der Waals surface area contributed by atoms with Crippen molar-refractivity contribution in [2.75, 3.05) is 40.3 Å². The van der Waals surface area contributed by atoms with Crippen molar-refractivity contribution in [3.05, 3.63) is 375 Å². The van der Waals surface area contributed by atoms with E-state index < -0.39 is 29.9 Å². The van der Waals surface area contributed by atoms with Crippen LogP contribution in [0.1, 0.15) is 107 Å². The number of nitrogens with two attached hydrogens (primary N) is 1. The second-order valence-electron chi connectivity index (χ2n) is 25.9. The first-order valence-electron chi connectivity index (χ1n) is 36.2. The van der Waals surface area contributed by atoms with Crippen LogP contribution in [0, 0.1) is 13.8 Å². The first kappa shape index (κ1) is 86.5. The molecule has 0 radical (unpaired) electrons. The summed E-state index contributed by atoms with van der Waals surface area (Å²) in [5.74, 6) is -2.21. The van der Waals surface area contributed by atoms with Crippen LogP contribution in [0.25, 0.3) is 0 Å². The number of carbonyl (C=O) groups is 5. The summed E-state index contributed by atoms with van der Waals surface area (Å²) < 4.78 is 13.6. The molecular weight excluding hydrogens is 1410 g/mol. The van der Waals surface area contributed by atoms with E-state index in [9.17, 15) is 34.2 Å². The number of hydrogen-bond acceptors (Lipinski definition) is 14. The number of benzene rings is 10. The van der Waals surface area contributed by atoms with E-state index in [1.807, 2.05) is 307 Å². The predicted molar refractivity (Wildman–Crippen MR) is 430 cm³/mol. The Kier molecular flexibility index (Phi) is 36.7. The second-order valence-corrected chi connectivity index (χ2v) is 26.3. The molecule has 11 aromatic rings. The molecule has 19 heteroatoms. The summed E-state index contributed by atoms with van der Waals surface area (Å²) in [4.78, 5) is 69.3. The summed E-state index contributed by atoms with van der Waals surface area (Å²) in [7, 11) is 4.01. The number of amides is 1. The quantitative estimate of drug-likeness (QED) is 0.0435. The summed E-state index contributed by atoms with van der Waals surface area (Å²) in [6.07, 6.45) is 9.65. The van der Waals surface area contributed by atoms with Crippen LogP contribution in [-0.4, -0.2) is 117 Å². The topological polar surface area (TPSA) is 242 Å². The number of aliphatic hydroxyl groups excluding tert-OH is 1. The number of hydrogen-bond donors (Lipinski definition) is 4. The minimum atomic E-state index is -1.27. The Morgan fingerprint density at radius 1 is 0.573 bits per heavy atom. The summed E-state index contributed by atoms with van der Waals surface area (Å²) in [5, 5.41) is 35.9. The number of aromatic nitrogens is 2. The molecule has 0 saturated carbocycles. The minimum absolute atomic E-state index is 0. The molecule has 5 N–H and O–H groups in total. The van der Waals surface area contributed by atoms with Crippen LogP contribution in [0.3, 0.4) is 0 Å². The van der Waals surface area contributed by atoms with Gasteiger partial charge in [0.2, 0.25) is 11.1 Å². The van der Waals surface area contributed by atoms with Gasteiger partial charge in [-0.15, -0.1) is 0 Å². The van der Waals surface area contributed by atoms with E-state index in [0.29, 0.717) is 31.9 Å². The molecular formula is C91H95ClN7NaO10. The van der Waals surface area contributed by atoms with E-state index in [-0.39, 0.29) is 78.0 Å². The Morgan fingerprint density at radius 3 is 1.29 bits per heavy atom. The number of allylic oxidation sites excluding steroid dienone is 1. The average molecular weight is 1510 g/mol. The first-order chi connectivity index (χ1) is 53.0. The van der Waals surface area contributed by atoms with Crippen molar-refractivity contribution in [3.63, 3.8) is 0 Å². The number of fused-ring (bicyclic) bond motifs is 2. The second kappa shape index (κ2) is 46.6. The van der Waals surface area contributed by atoms with Crippen molar-refractivity contribution in [3.8, 4) is 11.5 Å². The van der Waals surface area contributed by atoms with Crippen molar-refractivity contribution >= 4 is 46.8 Å². The zero-order valence-electron chi connectivity index (χ0n) is 63.2. The molecule has 0 saturated heterocycles. The Morgan fingerprint density at radius 2 is 0.964 bits per heavy atom. The predicted octanol–water partition coefficient (Wildman–Crippen LogP) is 11.2. The Bertz CT molecular complexity index is 4500. The van der Waals surface area contributed by atoms with E-state index in [0.717, 1.165) is 103 Å². The molecule has 17 nitrogen and oxygen atoms in total. The fraction of sp³-hybridized carbons (Fsp3) is 0.220. The van der Waals surface area contributed by atoms with Gasteiger partial charge in [-0.05, 0) is 125 Å². The van der Waals surface area contributed by atoms with Crippen LogP contribution in [0.5, 0.6) is 11.5 Å². The maximum Gasteiger partial charge on any atom is 1.00 e. The van der Waals surface area contributed by atoms with Crippen LogP contribution in [0.15, 0.2) is 303 Å². The van der Waals surface area contributed by atoms with Gasteiger partial charge in [0.15, 0.2) is 0 Å². The number of likely N-dealkylation sites (N-methyl/N-ethyl adjacent to an activating group) is 1. The molecule has 4 heterocycles. The monoisotopic (exact) mass is 1500 g/mol. The van der Waals surface area contributed by atoms with Crippen molar-refractivity contribution in [1.29, 1.82) is 0 Å². The number of aliphatic carboxylic acids is 2. The van der Waals surface area contributed by atoms with Crippen LogP contribution in [-0.2, 0) is 58.3 Å². The number of carboxylic acids is 2. The number of carboxylic acid groups (broad SMARTS) is 2.